The van der Waals surface area contributed by atoms with Crippen LogP contribution in [0.25, 0.3) is 0 Å². The maximum atomic E-state index is 11.3. The molecule has 2 atom stereocenters. The van der Waals surface area contributed by atoms with Crippen LogP contribution in [0.2, 0.25) is 0 Å². The Bertz CT molecular complexity index is 439. The van der Waals surface area contributed by atoms with Gasteiger partial charge >= 0.3 is 5.97 Å². The Labute approximate surface area is 108 Å². The minimum absolute atomic E-state index is 0.154. The molecular weight excluding hydrogens is 228 g/mol. The summed E-state index contributed by atoms with van der Waals surface area (Å²) in [7, 11) is 1.66. The fourth-order valence-electron chi connectivity index (χ4n) is 2.96. The van der Waals surface area contributed by atoms with E-state index in [-0.39, 0.29) is 11.8 Å². The molecule has 1 saturated carbocycles. The second-order valence-corrected chi connectivity index (χ2v) is 5.06. The highest BCUT2D eigenvalue weighted by Gasteiger charge is 2.31. The molecule has 18 heavy (non-hydrogen) atoms. The highest BCUT2D eigenvalue weighted by Crippen LogP contribution is 2.39. The SMILES string of the molecule is COc1ccc(C2CCCCC2C(=O)O)cc1C. The van der Waals surface area contributed by atoms with E-state index in [0.717, 1.165) is 42.6 Å². The Hall–Kier alpha value is -1.51. The lowest BCUT2D eigenvalue weighted by Gasteiger charge is -2.29. The molecule has 1 N–H and O–H groups in total. The lowest BCUT2D eigenvalue weighted by atomic mass is 9.75. The molecule has 3 nitrogen and oxygen atoms in total. The molecule has 1 aromatic rings. The highest BCUT2D eigenvalue weighted by molar-refractivity contribution is 5.71. The topological polar surface area (TPSA) is 46.5 Å². The highest BCUT2D eigenvalue weighted by atomic mass is 16.5. The van der Waals surface area contributed by atoms with Crippen LogP contribution in [0, 0.1) is 12.8 Å². The number of methoxy groups -OCH3 is 1. The smallest absolute Gasteiger partial charge is 0.307 e. The Kier molecular flexibility index (Phi) is 3.90. The number of ether oxygens (including phenoxy) is 1. The third-order valence-electron chi connectivity index (χ3n) is 3.93. The van der Waals surface area contributed by atoms with E-state index in [0.29, 0.717) is 0 Å². The quantitative estimate of drug-likeness (QED) is 0.892. The Morgan fingerprint density at radius 1 is 1.33 bits per heavy atom. The second-order valence-electron chi connectivity index (χ2n) is 5.06. The number of hydrogen-bond acceptors (Lipinski definition) is 2. The van der Waals surface area contributed by atoms with E-state index in [9.17, 15) is 9.90 Å². The van der Waals surface area contributed by atoms with Gasteiger partial charge in [-0.3, -0.25) is 4.79 Å². The van der Waals surface area contributed by atoms with Gasteiger partial charge in [0.1, 0.15) is 5.75 Å². The van der Waals surface area contributed by atoms with Crippen LogP contribution in [0.1, 0.15) is 42.7 Å². The number of carboxylic acid groups (broad SMARTS) is 1. The van der Waals surface area contributed by atoms with Crippen LogP contribution in [0.5, 0.6) is 5.75 Å². The van der Waals surface area contributed by atoms with Crippen molar-refractivity contribution in [3.8, 4) is 5.75 Å². The van der Waals surface area contributed by atoms with Gasteiger partial charge in [0.05, 0.1) is 13.0 Å². The zero-order valence-electron chi connectivity index (χ0n) is 11.0. The Morgan fingerprint density at radius 2 is 2.06 bits per heavy atom. The van der Waals surface area contributed by atoms with Crippen molar-refractivity contribution in [2.24, 2.45) is 5.92 Å². The van der Waals surface area contributed by atoms with Crippen LogP contribution >= 0.6 is 0 Å². The van der Waals surface area contributed by atoms with Crippen LogP contribution in [-0.4, -0.2) is 18.2 Å². The second kappa shape index (κ2) is 5.42. The van der Waals surface area contributed by atoms with Crippen molar-refractivity contribution in [2.45, 2.75) is 38.5 Å². The van der Waals surface area contributed by atoms with Crippen LogP contribution in [-0.2, 0) is 4.79 Å². The summed E-state index contributed by atoms with van der Waals surface area (Å²) in [6.45, 7) is 2.00. The number of aryl methyl sites for hydroxylation is 1. The van der Waals surface area contributed by atoms with Crippen molar-refractivity contribution in [3.05, 3.63) is 29.3 Å². The zero-order valence-corrected chi connectivity index (χ0v) is 11.0. The minimum atomic E-state index is -0.659. The summed E-state index contributed by atoms with van der Waals surface area (Å²) < 4.78 is 5.25. The molecule has 1 aliphatic carbocycles. The molecule has 0 radical (unpaired) electrons. The fourth-order valence-corrected chi connectivity index (χ4v) is 2.96. The summed E-state index contributed by atoms with van der Waals surface area (Å²) in [4.78, 5) is 11.3. The van der Waals surface area contributed by atoms with E-state index in [4.69, 9.17) is 4.74 Å². The Balaban J connectivity index is 2.28. The van der Waals surface area contributed by atoms with E-state index in [1.807, 2.05) is 19.1 Å². The van der Waals surface area contributed by atoms with Crippen molar-refractivity contribution < 1.29 is 14.6 Å². The number of carboxylic acids is 1. The average molecular weight is 248 g/mol. The molecular formula is C15H20O3. The summed E-state index contributed by atoms with van der Waals surface area (Å²) in [5.41, 5.74) is 2.21. The predicted molar refractivity (Wildman–Crippen MR) is 70.1 cm³/mol. The van der Waals surface area contributed by atoms with Gasteiger partial charge < -0.3 is 9.84 Å². The lowest BCUT2D eigenvalue weighted by Crippen LogP contribution is -2.25. The summed E-state index contributed by atoms with van der Waals surface area (Å²) in [6, 6.07) is 6.03. The molecule has 1 aromatic carbocycles. The van der Waals surface area contributed by atoms with Crippen LogP contribution in [0.15, 0.2) is 18.2 Å². The molecule has 1 aliphatic rings. The Morgan fingerprint density at radius 3 is 2.67 bits per heavy atom. The molecule has 0 heterocycles. The van der Waals surface area contributed by atoms with E-state index < -0.39 is 5.97 Å². The van der Waals surface area contributed by atoms with Gasteiger partial charge in [-0.15, -0.1) is 0 Å². The average Bonchev–Trinajstić information content (AvgIpc) is 2.38. The molecule has 0 bridgehead atoms. The van der Waals surface area contributed by atoms with E-state index >= 15 is 0 Å². The van der Waals surface area contributed by atoms with Gasteiger partial charge in [-0.25, -0.2) is 0 Å². The zero-order chi connectivity index (χ0) is 13.1. The summed E-state index contributed by atoms with van der Waals surface area (Å²) in [5, 5.41) is 9.32. The molecule has 0 spiro atoms. The van der Waals surface area contributed by atoms with Crippen molar-refractivity contribution >= 4 is 5.97 Å². The summed E-state index contributed by atoms with van der Waals surface area (Å²) in [5.74, 6) is 0.127. The van der Waals surface area contributed by atoms with Crippen LogP contribution < -0.4 is 4.74 Å². The third kappa shape index (κ3) is 2.50. The van der Waals surface area contributed by atoms with Crippen molar-refractivity contribution in [1.29, 1.82) is 0 Å². The number of aliphatic carboxylic acids is 1. The maximum absolute atomic E-state index is 11.3. The number of rotatable bonds is 3. The number of carbonyl (C=O) groups is 1. The largest absolute Gasteiger partial charge is 0.496 e. The molecule has 3 heteroatoms. The third-order valence-corrected chi connectivity index (χ3v) is 3.93. The first kappa shape index (κ1) is 12.9. The maximum Gasteiger partial charge on any atom is 0.307 e. The first-order valence-corrected chi connectivity index (χ1v) is 6.51. The van der Waals surface area contributed by atoms with E-state index in [1.54, 1.807) is 7.11 Å². The molecule has 1 fully saturated rings. The predicted octanol–water partition coefficient (Wildman–Crippen LogP) is 3.36. The standard InChI is InChI=1S/C15H20O3/c1-10-9-11(7-8-14(10)18-2)12-5-3-4-6-13(12)15(16)17/h7-9,12-13H,3-6H2,1-2H3,(H,16,17). The number of hydrogen-bond donors (Lipinski definition) is 1. The van der Waals surface area contributed by atoms with Gasteiger partial charge in [0.25, 0.3) is 0 Å². The van der Waals surface area contributed by atoms with Crippen molar-refractivity contribution in [1.82, 2.24) is 0 Å². The fraction of sp³-hybridized carbons (Fsp3) is 0.533. The minimum Gasteiger partial charge on any atom is -0.496 e. The number of benzene rings is 1. The first-order valence-electron chi connectivity index (χ1n) is 6.51. The first-order chi connectivity index (χ1) is 8.63. The van der Waals surface area contributed by atoms with Gasteiger partial charge in [0, 0.05) is 0 Å². The van der Waals surface area contributed by atoms with Gasteiger partial charge in [-0.2, -0.15) is 0 Å². The van der Waals surface area contributed by atoms with Gasteiger partial charge in [-0.1, -0.05) is 25.0 Å². The molecule has 0 amide bonds. The molecule has 0 aliphatic heterocycles. The molecule has 0 aromatic heterocycles. The molecule has 2 rings (SSSR count). The summed E-state index contributed by atoms with van der Waals surface area (Å²) >= 11 is 0. The molecule has 2 unspecified atom stereocenters. The van der Waals surface area contributed by atoms with E-state index in [2.05, 4.69) is 6.07 Å². The van der Waals surface area contributed by atoms with Gasteiger partial charge in [-0.05, 0) is 42.9 Å². The molecule has 0 saturated heterocycles. The van der Waals surface area contributed by atoms with Crippen molar-refractivity contribution in [3.63, 3.8) is 0 Å². The van der Waals surface area contributed by atoms with E-state index in [1.165, 1.54) is 0 Å². The summed E-state index contributed by atoms with van der Waals surface area (Å²) in [6.07, 6.45) is 3.93. The molecule has 98 valence electrons. The van der Waals surface area contributed by atoms with Crippen LogP contribution in [0.4, 0.5) is 0 Å². The van der Waals surface area contributed by atoms with Crippen molar-refractivity contribution in [2.75, 3.05) is 7.11 Å². The lowest BCUT2D eigenvalue weighted by molar-refractivity contribution is -0.143. The van der Waals surface area contributed by atoms with Crippen LogP contribution in [0.3, 0.4) is 0 Å². The van der Waals surface area contributed by atoms with Gasteiger partial charge in [0.2, 0.25) is 0 Å². The normalized spacial score (nSPS) is 23.7. The van der Waals surface area contributed by atoms with Gasteiger partial charge in [0.15, 0.2) is 0 Å². The monoisotopic (exact) mass is 248 g/mol.